The van der Waals surface area contributed by atoms with E-state index < -0.39 is 5.78 Å². The van der Waals surface area contributed by atoms with Gasteiger partial charge in [0.1, 0.15) is 10.8 Å². The molecule has 0 bridgehead atoms. The number of methoxy groups -OCH3 is 1. The van der Waals surface area contributed by atoms with Crippen LogP contribution >= 0.6 is 23.8 Å². The number of nitrogens with one attached hydrogen (secondary N) is 1. The molecule has 1 aromatic rings. The van der Waals surface area contributed by atoms with Crippen molar-refractivity contribution < 1.29 is 14.3 Å². The van der Waals surface area contributed by atoms with Crippen molar-refractivity contribution >= 4 is 46.7 Å². The van der Waals surface area contributed by atoms with Gasteiger partial charge in [-0.2, -0.15) is 5.10 Å². The molecule has 0 aromatic carbocycles. The van der Waals surface area contributed by atoms with Crippen LogP contribution in [0.1, 0.15) is 33.3 Å². The minimum Gasteiger partial charge on any atom is -0.492 e. The highest BCUT2D eigenvalue weighted by Gasteiger charge is 2.37. The second kappa shape index (κ2) is 5.90. The lowest BCUT2D eigenvalue weighted by Crippen LogP contribution is -2.25. The number of hydrogen-bond acceptors (Lipinski definition) is 5. The van der Waals surface area contributed by atoms with Gasteiger partial charge in [0.25, 0.3) is 0 Å². The zero-order valence-electron chi connectivity index (χ0n) is 12.1. The minimum atomic E-state index is -0.422. The second-order valence-electron chi connectivity index (χ2n) is 4.54. The van der Waals surface area contributed by atoms with Gasteiger partial charge in [0.05, 0.1) is 18.9 Å². The number of hydrazone groups is 1. The highest BCUT2D eigenvalue weighted by atomic mass is 35.5. The summed E-state index contributed by atoms with van der Waals surface area (Å²) in [4.78, 5) is 25.0. The molecule has 0 unspecified atom stereocenters. The van der Waals surface area contributed by atoms with Gasteiger partial charge in [0.2, 0.25) is 11.6 Å². The van der Waals surface area contributed by atoms with Crippen LogP contribution in [0.2, 0.25) is 5.15 Å². The molecule has 3 N–H and O–H groups in total. The Morgan fingerprint density at radius 2 is 2.09 bits per heavy atom. The Morgan fingerprint density at radius 1 is 1.45 bits per heavy atom. The molecule has 0 saturated carbocycles. The molecule has 9 heteroatoms. The number of ketones is 2. The van der Waals surface area contributed by atoms with Crippen LogP contribution in [0.4, 0.5) is 0 Å². The molecule has 7 nitrogen and oxygen atoms in total. The van der Waals surface area contributed by atoms with Crippen LogP contribution < -0.4 is 11.2 Å². The standard InChI is InChI=1S/C13H13ClN4O3S/c1-5-9(19)8-7(10(20)11(5)21-3)6(12(14)18(8)2)4-16-17-13(15)22/h4H,1-3H3,(H3,15,17,22). The van der Waals surface area contributed by atoms with E-state index in [-0.39, 0.29) is 38.6 Å². The van der Waals surface area contributed by atoms with Gasteiger partial charge in [0.15, 0.2) is 10.9 Å². The lowest BCUT2D eigenvalue weighted by molar-refractivity contribution is 0.0903. The smallest absolute Gasteiger partial charge is 0.230 e. The average molecular weight is 341 g/mol. The van der Waals surface area contributed by atoms with Crippen molar-refractivity contribution in [2.24, 2.45) is 17.9 Å². The molecule has 1 aromatic heterocycles. The summed E-state index contributed by atoms with van der Waals surface area (Å²) in [7, 11) is 2.93. The molecular weight excluding hydrogens is 328 g/mol. The van der Waals surface area contributed by atoms with Crippen molar-refractivity contribution in [3.63, 3.8) is 0 Å². The Morgan fingerprint density at radius 3 is 2.64 bits per heavy atom. The number of carbonyl (C=O) groups is 2. The minimum absolute atomic E-state index is 0.00304. The molecule has 0 amide bonds. The summed E-state index contributed by atoms with van der Waals surface area (Å²) < 4.78 is 6.49. The van der Waals surface area contributed by atoms with Gasteiger partial charge < -0.3 is 15.0 Å². The van der Waals surface area contributed by atoms with E-state index in [2.05, 4.69) is 22.7 Å². The van der Waals surface area contributed by atoms with Gasteiger partial charge in [-0.3, -0.25) is 15.0 Å². The topological polar surface area (TPSA) is 98.7 Å². The van der Waals surface area contributed by atoms with Gasteiger partial charge in [-0.15, -0.1) is 0 Å². The van der Waals surface area contributed by atoms with E-state index in [1.54, 1.807) is 7.05 Å². The number of allylic oxidation sites excluding steroid dienone is 2. The Bertz CT molecular complexity index is 764. The summed E-state index contributed by atoms with van der Waals surface area (Å²) in [6.45, 7) is 1.53. The van der Waals surface area contributed by atoms with Crippen LogP contribution in [0.25, 0.3) is 0 Å². The van der Waals surface area contributed by atoms with Gasteiger partial charge in [-0.1, -0.05) is 11.6 Å². The Balaban J connectivity index is 2.65. The maximum absolute atomic E-state index is 12.5. The van der Waals surface area contributed by atoms with Gasteiger partial charge >= 0.3 is 0 Å². The number of aromatic nitrogens is 1. The number of hydrogen-bond donors (Lipinski definition) is 2. The van der Waals surface area contributed by atoms with E-state index in [9.17, 15) is 9.59 Å². The Hall–Kier alpha value is -2.19. The maximum atomic E-state index is 12.5. The maximum Gasteiger partial charge on any atom is 0.230 e. The van der Waals surface area contributed by atoms with Crippen molar-refractivity contribution in [3.8, 4) is 0 Å². The number of fused-ring (bicyclic) bond motifs is 1. The molecule has 22 heavy (non-hydrogen) atoms. The van der Waals surface area contributed by atoms with Crippen LogP contribution in [0.15, 0.2) is 16.4 Å². The zero-order chi connectivity index (χ0) is 16.6. The van der Waals surface area contributed by atoms with E-state index in [0.717, 1.165) is 0 Å². The number of carbonyl (C=O) groups excluding carboxylic acids is 2. The van der Waals surface area contributed by atoms with Gasteiger partial charge in [-0.05, 0) is 19.1 Å². The largest absolute Gasteiger partial charge is 0.492 e. The first-order valence-electron chi connectivity index (χ1n) is 6.12. The predicted octanol–water partition coefficient (Wildman–Crippen LogP) is 1.15. The fourth-order valence-electron chi connectivity index (χ4n) is 2.26. The second-order valence-corrected chi connectivity index (χ2v) is 5.34. The zero-order valence-corrected chi connectivity index (χ0v) is 13.6. The number of halogens is 1. The van der Waals surface area contributed by atoms with E-state index >= 15 is 0 Å². The highest BCUT2D eigenvalue weighted by molar-refractivity contribution is 7.80. The van der Waals surface area contributed by atoms with Crippen LogP contribution in [-0.4, -0.2) is 34.6 Å². The summed E-state index contributed by atoms with van der Waals surface area (Å²) >= 11 is 10.8. The third-order valence-electron chi connectivity index (χ3n) is 3.26. The van der Waals surface area contributed by atoms with Crippen molar-refractivity contribution in [2.75, 3.05) is 7.11 Å². The molecule has 1 aliphatic carbocycles. The van der Waals surface area contributed by atoms with Crippen molar-refractivity contribution in [3.05, 3.63) is 33.3 Å². The summed E-state index contributed by atoms with van der Waals surface area (Å²) in [5.41, 5.74) is 8.52. The van der Waals surface area contributed by atoms with Crippen molar-refractivity contribution in [2.45, 2.75) is 6.92 Å². The normalized spacial score (nSPS) is 14.5. The number of nitrogens with two attached hydrogens (primary N) is 1. The molecule has 0 aliphatic heterocycles. The van der Waals surface area contributed by atoms with E-state index in [1.165, 1.54) is 24.8 Å². The predicted molar refractivity (Wildman–Crippen MR) is 86.3 cm³/mol. The molecule has 1 aliphatic rings. The first-order valence-corrected chi connectivity index (χ1v) is 6.90. The molecule has 0 fully saturated rings. The van der Waals surface area contributed by atoms with E-state index in [4.69, 9.17) is 22.1 Å². The van der Waals surface area contributed by atoms with E-state index in [0.29, 0.717) is 5.56 Å². The number of rotatable bonds is 3. The number of ether oxygens (including phenoxy) is 1. The monoisotopic (exact) mass is 340 g/mol. The summed E-state index contributed by atoms with van der Waals surface area (Å²) in [6.07, 6.45) is 1.29. The fraction of sp³-hybridized carbons (Fsp3) is 0.231. The fourth-order valence-corrected chi connectivity index (χ4v) is 2.54. The quantitative estimate of drug-likeness (QED) is 0.486. The average Bonchev–Trinajstić information content (AvgIpc) is 2.70. The number of Topliss-reactive ketones (excluding diaryl/α,β-unsaturated/α-hetero) is 2. The van der Waals surface area contributed by atoms with Crippen LogP contribution in [0.3, 0.4) is 0 Å². The highest BCUT2D eigenvalue weighted by Crippen LogP contribution is 2.33. The molecule has 116 valence electrons. The molecular formula is C13H13ClN4O3S. The van der Waals surface area contributed by atoms with Crippen molar-refractivity contribution in [1.29, 1.82) is 0 Å². The molecule has 0 radical (unpaired) electrons. The molecule has 0 saturated heterocycles. The first-order chi connectivity index (χ1) is 10.3. The summed E-state index contributed by atoms with van der Waals surface area (Å²) in [5, 5.41) is 3.96. The van der Waals surface area contributed by atoms with E-state index in [1.807, 2.05) is 0 Å². The summed E-state index contributed by atoms with van der Waals surface area (Å²) in [6, 6.07) is 0. The van der Waals surface area contributed by atoms with Crippen molar-refractivity contribution in [1.82, 2.24) is 9.99 Å². The third kappa shape index (κ3) is 2.40. The molecule has 1 heterocycles. The number of thiocarbonyl (C=S) groups is 1. The van der Waals surface area contributed by atoms with Crippen LogP contribution in [0.5, 0.6) is 0 Å². The number of nitrogens with zero attached hydrogens (tertiary/aromatic N) is 2. The summed E-state index contributed by atoms with van der Waals surface area (Å²) in [5.74, 6) is -0.747. The van der Waals surface area contributed by atoms with Crippen LogP contribution in [0, 0.1) is 0 Å². The lowest BCUT2D eigenvalue weighted by atomic mass is 9.92. The lowest BCUT2D eigenvalue weighted by Gasteiger charge is -2.16. The molecule has 2 rings (SSSR count). The third-order valence-corrected chi connectivity index (χ3v) is 3.81. The molecule has 0 atom stereocenters. The SMILES string of the molecule is COC1=C(C)C(=O)c2c(c(C=NNC(N)=S)c(Cl)n2C)C1=O. The van der Waals surface area contributed by atoms with Gasteiger partial charge in [-0.25, -0.2) is 0 Å². The molecule has 0 spiro atoms. The van der Waals surface area contributed by atoms with Crippen LogP contribution in [-0.2, 0) is 11.8 Å². The Labute approximate surface area is 136 Å². The first kappa shape index (κ1) is 16.2. The Kier molecular flexibility index (Phi) is 4.34. The van der Waals surface area contributed by atoms with Gasteiger partial charge in [0, 0.05) is 18.2 Å².